The van der Waals surface area contributed by atoms with Crippen LogP contribution < -0.4 is 27.4 Å². The van der Waals surface area contributed by atoms with Crippen LogP contribution in [-0.2, 0) is 25.6 Å². The van der Waals surface area contributed by atoms with Gasteiger partial charge in [-0.25, -0.2) is 4.79 Å². The molecule has 4 unspecified atom stereocenters. The predicted molar refractivity (Wildman–Crippen MR) is 133 cm³/mol. The molecule has 0 saturated heterocycles. The first-order chi connectivity index (χ1) is 16.2. The Morgan fingerprint density at radius 1 is 0.912 bits per heavy atom. The van der Waals surface area contributed by atoms with Crippen molar-refractivity contribution in [1.29, 1.82) is 0 Å². The third-order valence-corrected chi connectivity index (χ3v) is 5.78. The minimum absolute atomic E-state index is 0.108. The lowest BCUT2D eigenvalue weighted by Crippen LogP contribution is -2.57. The summed E-state index contributed by atoms with van der Waals surface area (Å²) < 4.78 is 0. The van der Waals surface area contributed by atoms with Crippen LogP contribution in [0.2, 0.25) is 0 Å². The van der Waals surface area contributed by atoms with E-state index in [9.17, 15) is 24.3 Å². The monoisotopic (exact) mass is 495 g/mol. The average molecular weight is 496 g/mol. The molecule has 0 bridgehead atoms. The summed E-state index contributed by atoms with van der Waals surface area (Å²) in [4.78, 5) is 49.8. The highest BCUT2D eigenvalue weighted by Gasteiger charge is 2.29. The van der Waals surface area contributed by atoms with Gasteiger partial charge in [0.1, 0.15) is 18.1 Å². The molecule has 4 atom stereocenters. The van der Waals surface area contributed by atoms with E-state index in [4.69, 9.17) is 11.5 Å². The molecule has 0 fully saturated rings. The molecule has 0 radical (unpaired) electrons. The van der Waals surface area contributed by atoms with Gasteiger partial charge in [-0.2, -0.15) is 11.8 Å². The van der Waals surface area contributed by atoms with Crippen LogP contribution in [0.5, 0.6) is 0 Å². The highest BCUT2D eigenvalue weighted by Crippen LogP contribution is 2.08. The zero-order valence-corrected chi connectivity index (χ0v) is 20.6. The number of nitrogens with one attached hydrogen (secondary N) is 3. The van der Waals surface area contributed by atoms with E-state index in [-0.39, 0.29) is 6.42 Å². The Hall–Kier alpha value is -2.63. The number of carbonyl (C=O) groups is 4. The number of nitrogens with two attached hydrogens (primary N) is 2. The Morgan fingerprint density at radius 3 is 2.00 bits per heavy atom. The van der Waals surface area contributed by atoms with Crippen molar-refractivity contribution in [3.8, 4) is 0 Å². The van der Waals surface area contributed by atoms with Crippen LogP contribution in [0.15, 0.2) is 30.3 Å². The third kappa shape index (κ3) is 11.0. The third-order valence-electron chi connectivity index (χ3n) is 5.13. The van der Waals surface area contributed by atoms with Crippen LogP contribution in [0.3, 0.4) is 0 Å². The number of hydrogen-bond acceptors (Lipinski definition) is 7. The molecular weight excluding hydrogens is 458 g/mol. The Morgan fingerprint density at radius 2 is 1.47 bits per heavy atom. The molecule has 10 nitrogen and oxygen atoms in total. The molecule has 0 aromatic heterocycles. The summed E-state index contributed by atoms with van der Waals surface area (Å²) in [6.45, 7) is 1.96. The molecule has 34 heavy (non-hydrogen) atoms. The van der Waals surface area contributed by atoms with Crippen molar-refractivity contribution >= 4 is 35.5 Å². The Bertz CT molecular complexity index is 793. The van der Waals surface area contributed by atoms with E-state index in [1.165, 1.54) is 18.7 Å². The number of aliphatic carboxylic acids is 1. The SMILES string of the molecule is CSCCC(NC(=O)C(CCCCN)NC(=O)C(C)N)C(=O)NC(Cc1ccccc1)C(=O)O. The van der Waals surface area contributed by atoms with Gasteiger partial charge in [0.05, 0.1) is 6.04 Å². The summed E-state index contributed by atoms with van der Waals surface area (Å²) in [5.41, 5.74) is 11.9. The topological polar surface area (TPSA) is 177 Å². The molecule has 0 heterocycles. The van der Waals surface area contributed by atoms with Crippen molar-refractivity contribution < 1.29 is 24.3 Å². The molecule has 1 aromatic carbocycles. The second-order valence-electron chi connectivity index (χ2n) is 8.07. The van der Waals surface area contributed by atoms with E-state index in [0.717, 1.165) is 5.56 Å². The zero-order chi connectivity index (χ0) is 25.5. The minimum atomic E-state index is -1.17. The summed E-state index contributed by atoms with van der Waals surface area (Å²) in [6, 6.07) is 5.18. The van der Waals surface area contributed by atoms with Gasteiger partial charge in [0.25, 0.3) is 0 Å². The van der Waals surface area contributed by atoms with Gasteiger partial charge < -0.3 is 32.5 Å². The molecule has 0 aliphatic carbocycles. The smallest absolute Gasteiger partial charge is 0.326 e. The van der Waals surface area contributed by atoms with Gasteiger partial charge in [-0.3, -0.25) is 14.4 Å². The van der Waals surface area contributed by atoms with Crippen molar-refractivity contribution in [3.63, 3.8) is 0 Å². The molecule has 0 saturated carbocycles. The van der Waals surface area contributed by atoms with Crippen molar-refractivity contribution in [2.75, 3.05) is 18.6 Å². The van der Waals surface area contributed by atoms with E-state index < -0.39 is 47.9 Å². The largest absolute Gasteiger partial charge is 0.480 e. The van der Waals surface area contributed by atoms with Crippen LogP contribution in [0.25, 0.3) is 0 Å². The van der Waals surface area contributed by atoms with Gasteiger partial charge in [-0.1, -0.05) is 30.3 Å². The lowest BCUT2D eigenvalue weighted by molar-refractivity contribution is -0.142. The molecular formula is C23H37N5O5S. The number of thioether (sulfide) groups is 1. The molecule has 190 valence electrons. The number of amides is 3. The summed E-state index contributed by atoms with van der Waals surface area (Å²) in [7, 11) is 0. The quantitative estimate of drug-likeness (QED) is 0.174. The van der Waals surface area contributed by atoms with Crippen LogP contribution >= 0.6 is 11.8 Å². The van der Waals surface area contributed by atoms with Gasteiger partial charge in [-0.05, 0) is 56.7 Å². The molecule has 1 rings (SSSR count). The summed E-state index contributed by atoms with van der Waals surface area (Å²) in [5, 5.41) is 17.5. The van der Waals surface area contributed by atoms with Gasteiger partial charge >= 0.3 is 5.97 Å². The molecule has 1 aromatic rings. The first kappa shape index (κ1) is 29.4. The average Bonchev–Trinajstić information content (AvgIpc) is 2.80. The predicted octanol–water partition coefficient (Wildman–Crippen LogP) is -0.00260. The number of carboxylic acids is 1. The van der Waals surface area contributed by atoms with Crippen molar-refractivity contribution in [2.45, 2.75) is 63.2 Å². The van der Waals surface area contributed by atoms with E-state index in [2.05, 4.69) is 16.0 Å². The highest BCUT2D eigenvalue weighted by atomic mass is 32.2. The second kappa shape index (κ2) is 16.1. The first-order valence-corrected chi connectivity index (χ1v) is 12.7. The Labute approximate surface area is 205 Å². The lowest BCUT2D eigenvalue weighted by Gasteiger charge is -2.25. The molecule has 8 N–H and O–H groups in total. The maximum Gasteiger partial charge on any atom is 0.326 e. The van der Waals surface area contributed by atoms with Crippen molar-refractivity contribution in [1.82, 2.24) is 16.0 Å². The fourth-order valence-corrected chi connectivity index (χ4v) is 3.64. The van der Waals surface area contributed by atoms with Crippen molar-refractivity contribution in [2.24, 2.45) is 11.5 Å². The van der Waals surface area contributed by atoms with E-state index >= 15 is 0 Å². The second-order valence-corrected chi connectivity index (χ2v) is 9.05. The van der Waals surface area contributed by atoms with E-state index in [0.29, 0.717) is 38.0 Å². The number of unbranched alkanes of at least 4 members (excludes halogenated alkanes) is 1. The molecule has 0 spiro atoms. The first-order valence-electron chi connectivity index (χ1n) is 11.3. The van der Waals surface area contributed by atoms with Gasteiger partial charge in [-0.15, -0.1) is 0 Å². The Balaban J connectivity index is 2.93. The molecule has 0 aliphatic rings. The fourth-order valence-electron chi connectivity index (χ4n) is 3.16. The number of benzene rings is 1. The normalized spacial score (nSPS) is 14.4. The van der Waals surface area contributed by atoms with Crippen LogP contribution in [-0.4, -0.2) is 71.5 Å². The maximum atomic E-state index is 13.0. The maximum absolute atomic E-state index is 13.0. The van der Waals surface area contributed by atoms with E-state index in [1.54, 1.807) is 24.3 Å². The van der Waals surface area contributed by atoms with Crippen LogP contribution in [0.1, 0.15) is 38.2 Å². The van der Waals surface area contributed by atoms with E-state index in [1.807, 2.05) is 12.3 Å². The zero-order valence-electron chi connectivity index (χ0n) is 19.8. The summed E-state index contributed by atoms with van der Waals surface area (Å²) in [5.74, 6) is -2.20. The molecule has 11 heteroatoms. The fraction of sp³-hybridized carbons (Fsp3) is 0.565. The number of rotatable bonds is 16. The number of carbonyl (C=O) groups excluding carboxylic acids is 3. The standard InChI is InChI=1S/C23H37N5O5S/c1-15(25)20(29)26-17(10-6-7-12-24)21(30)27-18(11-13-34-2)22(31)28-19(23(32)33)14-16-8-4-3-5-9-16/h3-5,8-9,15,17-19H,6-7,10-14,24-25H2,1-2H3,(H,26,29)(H,27,30)(H,28,31)(H,32,33). The van der Waals surface area contributed by atoms with Crippen molar-refractivity contribution in [3.05, 3.63) is 35.9 Å². The minimum Gasteiger partial charge on any atom is -0.480 e. The van der Waals surface area contributed by atoms with Gasteiger partial charge in [0.2, 0.25) is 17.7 Å². The van der Waals surface area contributed by atoms with Crippen LogP contribution in [0, 0.1) is 0 Å². The molecule has 3 amide bonds. The van der Waals surface area contributed by atoms with Gasteiger partial charge in [0, 0.05) is 6.42 Å². The number of hydrogen-bond donors (Lipinski definition) is 6. The number of carboxylic acid groups (broad SMARTS) is 1. The molecule has 0 aliphatic heterocycles. The highest BCUT2D eigenvalue weighted by molar-refractivity contribution is 7.98. The Kier molecular flexibility index (Phi) is 13.9. The van der Waals surface area contributed by atoms with Gasteiger partial charge in [0.15, 0.2) is 0 Å². The lowest BCUT2D eigenvalue weighted by atomic mass is 10.0. The summed E-state index contributed by atoms with van der Waals surface area (Å²) in [6.07, 6.45) is 3.89. The summed E-state index contributed by atoms with van der Waals surface area (Å²) >= 11 is 1.49. The van der Waals surface area contributed by atoms with Crippen LogP contribution in [0.4, 0.5) is 0 Å².